The topological polar surface area (TPSA) is 72.0 Å². The summed E-state index contributed by atoms with van der Waals surface area (Å²) < 4.78 is 10.1. The standard InChI is InChI=1S/C21H27N3O3/c1-4-22-21(23-14-13-17-7-5-6-8-19(17)26-2)24-15-16-9-11-18(12-10-16)20(25)27-3/h5-12H,4,13-15H2,1-3H3,(H2,22,23,24). The van der Waals surface area contributed by atoms with Crippen molar-refractivity contribution in [2.75, 3.05) is 27.3 Å². The van der Waals surface area contributed by atoms with Crippen molar-refractivity contribution in [1.82, 2.24) is 10.6 Å². The van der Waals surface area contributed by atoms with E-state index in [-0.39, 0.29) is 5.97 Å². The molecule has 0 spiro atoms. The van der Waals surface area contributed by atoms with E-state index in [2.05, 4.69) is 21.7 Å². The van der Waals surface area contributed by atoms with Crippen LogP contribution in [-0.2, 0) is 17.7 Å². The molecule has 0 aromatic heterocycles. The first kappa shape index (κ1) is 20.3. The molecule has 6 heteroatoms. The number of carbonyl (C=O) groups excluding carboxylic acids is 1. The number of nitrogens with one attached hydrogen (secondary N) is 2. The van der Waals surface area contributed by atoms with Gasteiger partial charge in [-0.3, -0.25) is 0 Å². The van der Waals surface area contributed by atoms with Crippen LogP contribution in [0.2, 0.25) is 0 Å². The Hall–Kier alpha value is -3.02. The van der Waals surface area contributed by atoms with Crippen LogP contribution in [0.5, 0.6) is 5.75 Å². The van der Waals surface area contributed by atoms with Crippen LogP contribution in [0.3, 0.4) is 0 Å². The number of para-hydroxylation sites is 1. The largest absolute Gasteiger partial charge is 0.496 e. The Morgan fingerprint density at radius 3 is 2.44 bits per heavy atom. The Bertz CT molecular complexity index is 758. The summed E-state index contributed by atoms with van der Waals surface area (Å²) in [5, 5.41) is 6.58. The predicted molar refractivity (Wildman–Crippen MR) is 107 cm³/mol. The molecule has 2 N–H and O–H groups in total. The molecule has 2 aromatic carbocycles. The molecule has 0 amide bonds. The van der Waals surface area contributed by atoms with Crippen molar-refractivity contribution in [3.63, 3.8) is 0 Å². The van der Waals surface area contributed by atoms with Crippen LogP contribution in [0.25, 0.3) is 0 Å². The molecule has 6 nitrogen and oxygen atoms in total. The second kappa shape index (κ2) is 10.9. The molecule has 0 heterocycles. The Kier molecular flexibility index (Phi) is 8.16. The SMILES string of the molecule is CCNC(=NCc1ccc(C(=O)OC)cc1)NCCc1ccccc1OC. The van der Waals surface area contributed by atoms with Crippen molar-refractivity contribution in [3.05, 3.63) is 65.2 Å². The van der Waals surface area contributed by atoms with E-state index in [1.165, 1.54) is 7.11 Å². The third-order valence-corrected chi connectivity index (χ3v) is 4.02. The van der Waals surface area contributed by atoms with Gasteiger partial charge in [-0.1, -0.05) is 30.3 Å². The van der Waals surface area contributed by atoms with Gasteiger partial charge >= 0.3 is 5.97 Å². The van der Waals surface area contributed by atoms with Crippen molar-refractivity contribution < 1.29 is 14.3 Å². The van der Waals surface area contributed by atoms with Crippen LogP contribution in [0, 0.1) is 0 Å². The molecule has 144 valence electrons. The number of nitrogens with zero attached hydrogens (tertiary/aromatic N) is 1. The van der Waals surface area contributed by atoms with E-state index in [4.69, 9.17) is 9.47 Å². The summed E-state index contributed by atoms with van der Waals surface area (Å²) in [6.45, 7) is 4.07. The maximum atomic E-state index is 11.5. The smallest absolute Gasteiger partial charge is 0.337 e. The number of guanidine groups is 1. The number of hydrogen-bond donors (Lipinski definition) is 2. The summed E-state index contributed by atoms with van der Waals surface area (Å²) in [6, 6.07) is 15.3. The third kappa shape index (κ3) is 6.33. The van der Waals surface area contributed by atoms with Crippen molar-refractivity contribution >= 4 is 11.9 Å². The van der Waals surface area contributed by atoms with Crippen molar-refractivity contribution in [1.29, 1.82) is 0 Å². The number of benzene rings is 2. The number of carbonyl (C=O) groups is 1. The van der Waals surface area contributed by atoms with E-state index in [0.29, 0.717) is 12.1 Å². The number of rotatable bonds is 8. The molecule has 0 atom stereocenters. The van der Waals surface area contributed by atoms with Gasteiger partial charge in [-0.05, 0) is 42.7 Å². The molecular formula is C21H27N3O3. The zero-order chi connectivity index (χ0) is 19.5. The van der Waals surface area contributed by atoms with E-state index in [9.17, 15) is 4.79 Å². The fraction of sp³-hybridized carbons (Fsp3) is 0.333. The highest BCUT2D eigenvalue weighted by Gasteiger charge is 2.05. The minimum Gasteiger partial charge on any atom is -0.496 e. The van der Waals surface area contributed by atoms with Crippen LogP contribution in [-0.4, -0.2) is 39.2 Å². The quantitative estimate of drug-likeness (QED) is 0.425. The van der Waals surface area contributed by atoms with E-state index in [1.54, 1.807) is 19.2 Å². The lowest BCUT2D eigenvalue weighted by Gasteiger charge is -2.13. The minimum atomic E-state index is -0.337. The van der Waals surface area contributed by atoms with Crippen LogP contribution < -0.4 is 15.4 Å². The highest BCUT2D eigenvalue weighted by atomic mass is 16.5. The highest BCUT2D eigenvalue weighted by molar-refractivity contribution is 5.89. The Morgan fingerprint density at radius 2 is 1.78 bits per heavy atom. The molecule has 0 saturated heterocycles. The minimum absolute atomic E-state index is 0.337. The zero-order valence-electron chi connectivity index (χ0n) is 16.1. The number of ether oxygens (including phenoxy) is 2. The first-order chi connectivity index (χ1) is 13.2. The van der Waals surface area contributed by atoms with Crippen molar-refractivity contribution in [2.45, 2.75) is 19.9 Å². The van der Waals surface area contributed by atoms with Gasteiger partial charge in [0, 0.05) is 13.1 Å². The van der Waals surface area contributed by atoms with Crippen LogP contribution >= 0.6 is 0 Å². The van der Waals surface area contributed by atoms with Gasteiger partial charge in [0.15, 0.2) is 5.96 Å². The van der Waals surface area contributed by atoms with Crippen LogP contribution in [0.15, 0.2) is 53.5 Å². The van der Waals surface area contributed by atoms with Gasteiger partial charge in [0.1, 0.15) is 5.75 Å². The number of esters is 1. The second-order valence-electron chi connectivity index (χ2n) is 5.87. The lowest BCUT2D eigenvalue weighted by molar-refractivity contribution is 0.0600. The molecule has 0 aliphatic carbocycles. The zero-order valence-corrected chi connectivity index (χ0v) is 16.1. The Labute approximate surface area is 160 Å². The molecule has 2 rings (SSSR count). The van der Waals surface area contributed by atoms with E-state index >= 15 is 0 Å². The lowest BCUT2D eigenvalue weighted by atomic mass is 10.1. The van der Waals surface area contributed by atoms with Gasteiger partial charge in [-0.2, -0.15) is 0 Å². The average Bonchev–Trinajstić information content (AvgIpc) is 2.72. The maximum absolute atomic E-state index is 11.5. The average molecular weight is 369 g/mol. The molecule has 0 bridgehead atoms. The van der Waals surface area contributed by atoms with Gasteiger partial charge < -0.3 is 20.1 Å². The lowest BCUT2D eigenvalue weighted by Crippen LogP contribution is -2.38. The van der Waals surface area contributed by atoms with Gasteiger partial charge in [0.2, 0.25) is 0 Å². The number of hydrogen-bond acceptors (Lipinski definition) is 4. The monoisotopic (exact) mass is 369 g/mol. The normalized spacial score (nSPS) is 11.0. The molecule has 0 fully saturated rings. The second-order valence-corrected chi connectivity index (χ2v) is 5.87. The summed E-state index contributed by atoms with van der Waals surface area (Å²) in [7, 11) is 3.06. The molecule has 0 saturated carbocycles. The predicted octanol–water partition coefficient (Wildman–Crippen LogP) is 2.78. The molecule has 0 aliphatic rings. The van der Waals surface area contributed by atoms with Gasteiger partial charge in [0.05, 0.1) is 26.3 Å². The van der Waals surface area contributed by atoms with E-state index < -0.39 is 0 Å². The van der Waals surface area contributed by atoms with Gasteiger partial charge in [-0.25, -0.2) is 9.79 Å². The summed E-state index contributed by atoms with van der Waals surface area (Å²) >= 11 is 0. The fourth-order valence-corrected chi connectivity index (χ4v) is 2.60. The summed E-state index contributed by atoms with van der Waals surface area (Å²) in [6.07, 6.45) is 0.836. The number of aliphatic imine (C=N–C) groups is 1. The van der Waals surface area contributed by atoms with E-state index in [1.807, 2.05) is 37.3 Å². The number of methoxy groups -OCH3 is 2. The third-order valence-electron chi connectivity index (χ3n) is 4.02. The Balaban J connectivity index is 1.92. The Morgan fingerprint density at radius 1 is 1.04 bits per heavy atom. The fourth-order valence-electron chi connectivity index (χ4n) is 2.60. The first-order valence-corrected chi connectivity index (χ1v) is 8.99. The highest BCUT2D eigenvalue weighted by Crippen LogP contribution is 2.17. The molecule has 0 radical (unpaired) electrons. The molecule has 0 aliphatic heterocycles. The molecule has 27 heavy (non-hydrogen) atoms. The van der Waals surface area contributed by atoms with E-state index in [0.717, 1.165) is 42.3 Å². The van der Waals surface area contributed by atoms with Crippen molar-refractivity contribution in [2.24, 2.45) is 4.99 Å². The summed E-state index contributed by atoms with van der Waals surface area (Å²) in [4.78, 5) is 16.1. The summed E-state index contributed by atoms with van der Waals surface area (Å²) in [5.41, 5.74) is 2.71. The van der Waals surface area contributed by atoms with Crippen LogP contribution in [0.4, 0.5) is 0 Å². The molecular weight excluding hydrogens is 342 g/mol. The van der Waals surface area contributed by atoms with Crippen molar-refractivity contribution in [3.8, 4) is 5.75 Å². The maximum Gasteiger partial charge on any atom is 0.337 e. The summed E-state index contributed by atoms with van der Waals surface area (Å²) in [5.74, 6) is 1.31. The van der Waals surface area contributed by atoms with Gasteiger partial charge in [-0.15, -0.1) is 0 Å². The van der Waals surface area contributed by atoms with Gasteiger partial charge in [0.25, 0.3) is 0 Å². The van der Waals surface area contributed by atoms with Crippen LogP contribution in [0.1, 0.15) is 28.4 Å². The first-order valence-electron chi connectivity index (χ1n) is 8.99. The molecule has 0 unspecified atom stereocenters. The molecule has 2 aromatic rings.